The van der Waals surface area contributed by atoms with Gasteiger partial charge in [-0.05, 0) is 50.9 Å². The van der Waals surface area contributed by atoms with Crippen LogP contribution in [0.2, 0.25) is 0 Å². The van der Waals surface area contributed by atoms with E-state index in [0.717, 1.165) is 36.4 Å². The molecule has 0 bridgehead atoms. The van der Waals surface area contributed by atoms with Gasteiger partial charge in [0.2, 0.25) is 0 Å². The third-order valence-electron chi connectivity index (χ3n) is 5.37. The number of anilines is 1. The van der Waals surface area contributed by atoms with Crippen LogP contribution in [0, 0.1) is 0 Å². The maximum absolute atomic E-state index is 4.85. The van der Waals surface area contributed by atoms with Crippen LogP contribution in [0.4, 0.5) is 5.82 Å². The molecular weight excluding hydrogens is 300 g/mol. The summed E-state index contributed by atoms with van der Waals surface area (Å²) in [6, 6.07) is 4.90. The molecule has 2 aromatic rings. The van der Waals surface area contributed by atoms with Gasteiger partial charge in [0.1, 0.15) is 5.82 Å². The SMILES string of the molecule is CC(C)(C)c1nnc2ccc(N3CCC(N4CCCC4)CC3)nn12. The van der Waals surface area contributed by atoms with Crippen LogP contribution in [0.25, 0.3) is 5.65 Å². The van der Waals surface area contributed by atoms with Gasteiger partial charge in [-0.2, -0.15) is 4.52 Å². The number of fused-ring (bicyclic) bond motifs is 1. The molecular formula is C18H28N6. The second-order valence-electron chi connectivity index (χ2n) is 8.20. The Labute approximate surface area is 143 Å². The van der Waals surface area contributed by atoms with Gasteiger partial charge in [0.25, 0.3) is 0 Å². The first-order valence-corrected chi connectivity index (χ1v) is 9.24. The van der Waals surface area contributed by atoms with Crippen molar-refractivity contribution in [3.8, 4) is 0 Å². The second-order valence-corrected chi connectivity index (χ2v) is 8.20. The predicted molar refractivity (Wildman–Crippen MR) is 95.5 cm³/mol. The van der Waals surface area contributed by atoms with E-state index >= 15 is 0 Å². The lowest BCUT2D eigenvalue weighted by atomic mass is 9.96. The third kappa shape index (κ3) is 2.88. The number of aromatic nitrogens is 4. The van der Waals surface area contributed by atoms with Gasteiger partial charge in [-0.3, -0.25) is 0 Å². The summed E-state index contributed by atoms with van der Waals surface area (Å²) in [5.41, 5.74) is 0.768. The van der Waals surface area contributed by atoms with E-state index in [4.69, 9.17) is 5.10 Å². The van der Waals surface area contributed by atoms with Gasteiger partial charge in [-0.1, -0.05) is 20.8 Å². The molecule has 2 fully saturated rings. The molecule has 4 rings (SSSR count). The minimum Gasteiger partial charge on any atom is -0.355 e. The highest BCUT2D eigenvalue weighted by atomic mass is 15.4. The summed E-state index contributed by atoms with van der Waals surface area (Å²) >= 11 is 0. The predicted octanol–water partition coefficient (Wildman–Crippen LogP) is 2.49. The lowest BCUT2D eigenvalue weighted by Crippen LogP contribution is -2.44. The number of hydrogen-bond acceptors (Lipinski definition) is 5. The first kappa shape index (κ1) is 15.8. The fourth-order valence-electron chi connectivity index (χ4n) is 3.98. The highest BCUT2D eigenvalue weighted by Crippen LogP contribution is 2.25. The molecule has 4 heterocycles. The van der Waals surface area contributed by atoms with E-state index in [2.05, 4.69) is 46.8 Å². The van der Waals surface area contributed by atoms with Crippen LogP contribution in [0.3, 0.4) is 0 Å². The monoisotopic (exact) mass is 328 g/mol. The van der Waals surface area contributed by atoms with E-state index in [0.29, 0.717) is 0 Å². The van der Waals surface area contributed by atoms with E-state index in [-0.39, 0.29) is 5.41 Å². The summed E-state index contributed by atoms with van der Waals surface area (Å²) in [4.78, 5) is 5.10. The van der Waals surface area contributed by atoms with Crippen LogP contribution in [-0.4, -0.2) is 56.9 Å². The van der Waals surface area contributed by atoms with Gasteiger partial charge >= 0.3 is 0 Å². The second kappa shape index (κ2) is 5.99. The van der Waals surface area contributed by atoms with Crippen LogP contribution in [0.5, 0.6) is 0 Å². The van der Waals surface area contributed by atoms with E-state index in [1.165, 1.54) is 38.8 Å². The summed E-state index contributed by atoms with van der Waals surface area (Å²) in [5.74, 6) is 1.97. The number of rotatable bonds is 2. The van der Waals surface area contributed by atoms with Gasteiger partial charge in [0, 0.05) is 24.5 Å². The van der Waals surface area contributed by atoms with E-state index in [1.54, 1.807) is 0 Å². The zero-order valence-corrected chi connectivity index (χ0v) is 15.1. The molecule has 0 radical (unpaired) electrons. The normalized spacial score (nSPS) is 21.0. The van der Waals surface area contributed by atoms with Gasteiger partial charge in [0.15, 0.2) is 11.5 Å². The molecule has 0 N–H and O–H groups in total. The Kier molecular flexibility index (Phi) is 3.95. The van der Waals surface area contributed by atoms with Crippen molar-refractivity contribution in [2.45, 2.75) is 57.9 Å². The van der Waals surface area contributed by atoms with Crippen LogP contribution >= 0.6 is 0 Å². The minimum atomic E-state index is -0.0617. The summed E-state index contributed by atoms with van der Waals surface area (Å²) < 4.78 is 1.92. The molecule has 0 aromatic carbocycles. The average molecular weight is 328 g/mol. The highest BCUT2D eigenvalue weighted by molar-refractivity contribution is 5.46. The summed E-state index contributed by atoms with van der Waals surface area (Å²) in [7, 11) is 0. The van der Waals surface area contributed by atoms with Crippen molar-refractivity contribution in [1.29, 1.82) is 0 Å². The Bertz CT molecular complexity index is 702. The molecule has 0 saturated carbocycles. The Morgan fingerprint density at radius 2 is 1.67 bits per heavy atom. The molecule has 0 amide bonds. The number of hydrogen-bond donors (Lipinski definition) is 0. The average Bonchev–Trinajstić information content (AvgIpc) is 3.23. The summed E-state index contributed by atoms with van der Waals surface area (Å²) in [5, 5.41) is 13.5. The van der Waals surface area contributed by atoms with Crippen LogP contribution < -0.4 is 4.90 Å². The molecule has 24 heavy (non-hydrogen) atoms. The number of nitrogens with zero attached hydrogens (tertiary/aromatic N) is 6. The molecule has 0 atom stereocenters. The van der Waals surface area contributed by atoms with Crippen molar-refractivity contribution in [2.75, 3.05) is 31.1 Å². The summed E-state index contributed by atoms with van der Waals surface area (Å²) in [6.07, 6.45) is 5.24. The van der Waals surface area contributed by atoms with Crippen molar-refractivity contribution in [3.63, 3.8) is 0 Å². The number of likely N-dealkylation sites (tertiary alicyclic amines) is 1. The van der Waals surface area contributed by atoms with Crippen molar-refractivity contribution < 1.29 is 0 Å². The van der Waals surface area contributed by atoms with Gasteiger partial charge in [-0.25, -0.2) is 0 Å². The molecule has 2 aromatic heterocycles. The summed E-state index contributed by atoms with van der Waals surface area (Å²) in [6.45, 7) is 11.2. The Morgan fingerprint density at radius 3 is 2.33 bits per heavy atom. The smallest absolute Gasteiger partial charge is 0.178 e. The Balaban J connectivity index is 1.52. The third-order valence-corrected chi connectivity index (χ3v) is 5.37. The van der Waals surface area contributed by atoms with Crippen LogP contribution in [0.15, 0.2) is 12.1 Å². The standard InChI is InChI=1S/C18H28N6/c1-18(2,3)17-20-19-15-6-7-16(21-24(15)17)23-12-8-14(9-13-23)22-10-4-5-11-22/h6-7,14H,4-5,8-13H2,1-3H3. The van der Waals surface area contributed by atoms with E-state index < -0.39 is 0 Å². The Morgan fingerprint density at radius 1 is 0.958 bits per heavy atom. The van der Waals surface area contributed by atoms with Crippen LogP contribution in [-0.2, 0) is 5.41 Å². The first-order valence-electron chi connectivity index (χ1n) is 9.24. The van der Waals surface area contributed by atoms with E-state index in [9.17, 15) is 0 Å². The molecule has 0 aliphatic carbocycles. The van der Waals surface area contributed by atoms with Crippen molar-refractivity contribution in [3.05, 3.63) is 18.0 Å². The molecule has 0 unspecified atom stereocenters. The highest BCUT2D eigenvalue weighted by Gasteiger charge is 2.27. The molecule has 0 spiro atoms. The Hall–Kier alpha value is -1.69. The topological polar surface area (TPSA) is 49.6 Å². The van der Waals surface area contributed by atoms with E-state index in [1.807, 2.05) is 10.6 Å². The van der Waals surface area contributed by atoms with Crippen molar-refractivity contribution >= 4 is 11.5 Å². The fourth-order valence-corrected chi connectivity index (χ4v) is 3.98. The van der Waals surface area contributed by atoms with Crippen LogP contribution in [0.1, 0.15) is 52.3 Å². The molecule has 2 aliphatic rings. The van der Waals surface area contributed by atoms with Gasteiger partial charge in [0.05, 0.1) is 0 Å². The van der Waals surface area contributed by atoms with Crippen molar-refractivity contribution in [2.24, 2.45) is 0 Å². The molecule has 2 aliphatic heterocycles. The molecule has 2 saturated heterocycles. The lowest BCUT2D eigenvalue weighted by Gasteiger charge is -2.37. The molecule has 6 nitrogen and oxygen atoms in total. The largest absolute Gasteiger partial charge is 0.355 e. The fraction of sp³-hybridized carbons (Fsp3) is 0.722. The zero-order chi connectivity index (χ0) is 16.7. The van der Waals surface area contributed by atoms with Crippen molar-refractivity contribution in [1.82, 2.24) is 24.7 Å². The van der Waals surface area contributed by atoms with Gasteiger partial charge < -0.3 is 9.80 Å². The van der Waals surface area contributed by atoms with Gasteiger partial charge in [-0.15, -0.1) is 15.3 Å². The quantitative estimate of drug-likeness (QED) is 0.848. The first-order chi connectivity index (χ1) is 11.5. The maximum atomic E-state index is 4.85. The lowest BCUT2D eigenvalue weighted by molar-refractivity contribution is 0.207. The zero-order valence-electron chi connectivity index (χ0n) is 15.1. The number of piperidine rings is 1. The maximum Gasteiger partial charge on any atom is 0.178 e. The molecule has 6 heteroatoms. The molecule has 130 valence electrons. The minimum absolute atomic E-state index is 0.0617.